The molecule has 27 heavy (non-hydrogen) atoms. The molecular weight excluding hydrogens is 340 g/mol. The van der Waals surface area contributed by atoms with Crippen molar-refractivity contribution in [3.8, 4) is 11.5 Å². The number of ether oxygens (including phenoxy) is 2. The predicted octanol–water partition coefficient (Wildman–Crippen LogP) is 3.76. The molecule has 1 heterocycles. The van der Waals surface area contributed by atoms with Crippen molar-refractivity contribution in [3.63, 3.8) is 0 Å². The van der Waals surface area contributed by atoms with Crippen LogP contribution < -0.4 is 20.1 Å². The average molecular weight is 364 g/mol. The maximum atomic E-state index is 5.38. The fourth-order valence-electron chi connectivity index (χ4n) is 2.70. The van der Waals surface area contributed by atoms with Gasteiger partial charge in [-0.1, -0.05) is 30.3 Å². The summed E-state index contributed by atoms with van der Waals surface area (Å²) >= 11 is 0. The number of nitrogens with one attached hydrogen (secondary N) is 2. The van der Waals surface area contributed by atoms with Gasteiger partial charge in [-0.2, -0.15) is 4.98 Å². The highest BCUT2D eigenvalue weighted by atomic mass is 16.5. The largest absolute Gasteiger partial charge is 0.497 e. The summed E-state index contributed by atoms with van der Waals surface area (Å²) < 4.78 is 10.6. The van der Waals surface area contributed by atoms with E-state index in [0.29, 0.717) is 12.5 Å². The van der Waals surface area contributed by atoms with E-state index in [9.17, 15) is 0 Å². The molecule has 0 aliphatic heterocycles. The van der Waals surface area contributed by atoms with E-state index in [1.807, 2.05) is 48.5 Å². The number of hydrogen-bond acceptors (Lipinski definition) is 6. The lowest BCUT2D eigenvalue weighted by atomic mass is 10.1. The topological polar surface area (TPSA) is 68.3 Å². The van der Waals surface area contributed by atoms with Crippen LogP contribution in [-0.4, -0.2) is 30.7 Å². The molecule has 6 heteroatoms. The molecule has 2 aromatic carbocycles. The third-order valence-electron chi connectivity index (χ3n) is 4.16. The van der Waals surface area contributed by atoms with Gasteiger partial charge in [0.1, 0.15) is 17.3 Å². The highest BCUT2D eigenvalue weighted by Gasteiger charge is 2.03. The van der Waals surface area contributed by atoms with E-state index in [1.165, 1.54) is 5.56 Å². The van der Waals surface area contributed by atoms with E-state index in [1.54, 1.807) is 20.4 Å². The van der Waals surface area contributed by atoms with Gasteiger partial charge in [0.05, 0.1) is 14.2 Å². The minimum atomic E-state index is 0.591. The molecule has 0 unspecified atom stereocenters. The van der Waals surface area contributed by atoms with E-state index in [-0.39, 0.29) is 0 Å². The molecule has 1 aromatic heterocycles. The van der Waals surface area contributed by atoms with Crippen LogP contribution in [0.3, 0.4) is 0 Å². The van der Waals surface area contributed by atoms with Crippen molar-refractivity contribution >= 4 is 11.8 Å². The molecule has 0 atom stereocenters. The summed E-state index contributed by atoms with van der Waals surface area (Å²) in [7, 11) is 3.35. The van der Waals surface area contributed by atoms with Gasteiger partial charge in [0.15, 0.2) is 0 Å². The molecule has 3 aromatic rings. The molecule has 0 amide bonds. The zero-order valence-electron chi connectivity index (χ0n) is 15.6. The van der Waals surface area contributed by atoms with E-state index in [4.69, 9.17) is 9.47 Å². The first-order valence-electron chi connectivity index (χ1n) is 8.84. The summed E-state index contributed by atoms with van der Waals surface area (Å²) in [5.41, 5.74) is 2.30. The lowest BCUT2D eigenvalue weighted by Gasteiger charge is -2.10. The zero-order chi connectivity index (χ0) is 18.9. The van der Waals surface area contributed by atoms with Gasteiger partial charge in [0.25, 0.3) is 0 Å². The summed E-state index contributed by atoms with van der Waals surface area (Å²) in [5, 5.41) is 6.58. The summed E-state index contributed by atoms with van der Waals surface area (Å²) in [6, 6.07) is 17.8. The van der Waals surface area contributed by atoms with Crippen LogP contribution >= 0.6 is 0 Å². The van der Waals surface area contributed by atoms with Crippen molar-refractivity contribution in [2.45, 2.75) is 13.0 Å². The van der Waals surface area contributed by atoms with Crippen LogP contribution in [0.4, 0.5) is 11.8 Å². The first-order valence-corrected chi connectivity index (χ1v) is 8.84. The van der Waals surface area contributed by atoms with Gasteiger partial charge in [-0.25, -0.2) is 4.98 Å². The van der Waals surface area contributed by atoms with Crippen LogP contribution in [0.25, 0.3) is 0 Å². The molecule has 0 aliphatic carbocycles. The Labute approximate surface area is 159 Å². The Hall–Kier alpha value is -3.28. The van der Waals surface area contributed by atoms with Crippen LogP contribution in [0.1, 0.15) is 11.1 Å². The van der Waals surface area contributed by atoms with Crippen LogP contribution in [0.5, 0.6) is 11.5 Å². The average Bonchev–Trinajstić information content (AvgIpc) is 2.73. The highest BCUT2D eigenvalue weighted by Crippen LogP contribution is 2.18. The van der Waals surface area contributed by atoms with Gasteiger partial charge in [0.2, 0.25) is 5.95 Å². The lowest BCUT2D eigenvalue weighted by molar-refractivity contribution is 0.410. The molecule has 2 N–H and O–H groups in total. The quantitative estimate of drug-likeness (QED) is 0.603. The van der Waals surface area contributed by atoms with Crippen molar-refractivity contribution in [2.24, 2.45) is 0 Å². The Morgan fingerprint density at radius 1 is 0.889 bits per heavy atom. The Morgan fingerprint density at radius 2 is 1.70 bits per heavy atom. The number of para-hydroxylation sites is 1. The van der Waals surface area contributed by atoms with Crippen molar-refractivity contribution in [1.29, 1.82) is 0 Å². The maximum absolute atomic E-state index is 5.38. The van der Waals surface area contributed by atoms with Gasteiger partial charge in [0, 0.05) is 19.3 Å². The van der Waals surface area contributed by atoms with Crippen LogP contribution in [0.2, 0.25) is 0 Å². The fourth-order valence-corrected chi connectivity index (χ4v) is 2.70. The number of methoxy groups -OCH3 is 2. The summed E-state index contributed by atoms with van der Waals surface area (Å²) in [6.45, 7) is 1.41. The van der Waals surface area contributed by atoms with E-state index >= 15 is 0 Å². The van der Waals surface area contributed by atoms with Gasteiger partial charge < -0.3 is 20.1 Å². The van der Waals surface area contributed by atoms with Gasteiger partial charge in [-0.05, 0) is 41.8 Å². The number of aromatic nitrogens is 2. The maximum Gasteiger partial charge on any atom is 0.224 e. The standard InChI is InChI=1S/C21H24N4O2/c1-26-18-9-7-16(8-10-18)15-24-21-23-14-12-20(25-21)22-13-11-17-5-3-4-6-19(17)27-2/h3-10,12,14H,11,13,15H2,1-2H3,(H2,22,23,24,25). The Balaban J connectivity index is 1.52. The van der Waals surface area contributed by atoms with Crippen LogP contribution in [0.15, 0.2) is 60.8 Å². The van der Waals surface area contributed by atoms with Gasteiger partial charge in [-0.15, -0.1) is 0 Å². The first-order chi connectivity index (χ1) is 13.3. The number of benzene rings is 2. The second-order valence-corrected chi connectivity index (χ2v) is 5.96. The van der Waals surface area contributed by atoms with E-state index in [2.05, 4.69) is 26.7 Å². The van der Waals surface area contributed by atoms with Crippen molar-refractivity contribution in [2.75, 3.05) is 31.4 Å². The second-order valence-electron chi connectivity index (χ2n) is 5.96. The normalized spacial score (nSPS) is 10.3. The lowest BCUT2D eigenvalue weighted by Crippen LogP contribution is -2.09. The number of anilines is 2. The molecule has 6 nitrogen and oxygen atoms in total. The SMILES string of the molecule is COc1ccc(CNc2nccc(NCCc3ccccc3OC)n2)cc1. The van der Waals surface area contributed by atoms with Gasteiger partial charge in [-0.3, -0.25) is 0 Å². The third-order valence-corrected chi connectivity index (χ3v) is 4.16. The minimum absolute atomic E-state index is 0.591. The Bertz CT molecular complexity index is 853. The Kier molecular flexibility index (Phi) is 6.46. The fraction of sp³-hybridized carbons (Fsp3) is 0.238. The Morgan fingerprint density at radius 3 is 2.48 bits per heavy atom. The van der Waals surface area contributed by atoms with Crippen LogP contribution in [-0.2, 0) is 13.0 Å². The molecule has 0 bridgehead atoms. The smallest absolute Gasteiger partial charge is 0.224 e. The molecule has 0 spiro atoms. The number of nitrogens with zero attached hydrogens (tertiary/aromatic N) is 2. The summed E-state index contributed by atoms with van der Waals surface area (Å²) in [6.07, 6.45) is 2.59. The molecule has 0 radical (unpaired) electrons. The molecule has 0 saturated heterocycles. The summed E-state index contributed by atoms with van der Waals surface area (Å²) in [5.74, 6) is 3.13. The van der Waals surface area contributed by atoms with Crippen molar-refractivity contribution in [1.82, 2.24) is 9.97 Å². The molecular formula is C21H24N4O2. The van der Waals surface area contributed by atoms with E-state index in [0.717, 1.165) is 35.8 Å². The van der Waals surface area contributed by atoms with Gasteiger partial charge >= 0.3 is 0 Å². The van der Waals surface area contributed by atoms with Crippen molar-refractivity contribution < 1.29 is 9.47 Å². The predicted molar refractivity (Wildman–Crippen MR) is 108 cm³/mol. The van der Waals surface area contributed by atoms with Crippen LogP contribution in [0, 0.1) is 0 Å². The molecule has 0 saturated carbocycles. The first kappa shape index (κ1) is 18.5. The highest BCUT2D eigenvalue weighted by molar-refractivity contribution is 5.41. The number of hydrogen-bond donors (Lipinski definition) is 2. The second kappa shape index (κ2) is 9.43. The molecule has 3 rings (SSSR count). The van der Waals surface area contributed by atoms with Crippen molar-refractivity contribution in [3.05, 3.63) is 71.9 Å². The third kappa shape index (κ3) is 5.34. The zero-order valence-corrected chi connectivity index (χ0v) is 15.6. The minimum Gasteiger partial charge on any atom is -0.497 e. The molecule has 140 valence electrons. The van der Waals surface area contributed by atoms with E-state index < -0.39 is 0 Å². The number of rotatable bonds is 9. The monoisotopic (exact) mass is 364 g/mol. The summed E-state index contributed by atoms with van der Waals surface area (Å²) in [4.78, 5) is 8.78. The molecule has 0 fully saturated rings. The molecule has 0 aliphatic rings.